The Bertz CT molecular complexity index is 677. The number of hydrogen-bond donors (Lipinski definition) is 1. The highest BCUT2D eigenvalue weighted by atomic mass is 16.3. The first-order valence-electron chi connectivity index (χ1n) is 5.97. The predicted octanol–water partition coefficient (Wildman–Crippen LogP) is 2.88. The van der Waals surface area contributed by atoms with Gasteiger partial charge in [0.15, 0.2) is 18.9 Å². The molecule has 2 heteroatoms. The van der Waals surface area contributed by atoms with E-state index < -0.39 is 0 Å². The molecule has 1 N–H and O–H groups in total. The molecule has 0 aliphatic rings. The van der Waals surface area contributed by atoms with Gasteiger partial charge in [0.25, 0.3) is 0 Å². The van der Waals surface area contributed by atoms with Gasteiger partial charge in [0, 0.05) is 17.0 Å². The van der Waals surface area contributed by atoms with Crippen LogP contribution in [0.2, 0.25) is 0 Å². The molecule has 0 saturated heterocycles. The van der Waals surface area contributed by atoms with Crippen LogP contribution in [-0.4, -0.2) is 5.11 Å². The van der Waals surface area contributed by atoms with Crippen molar-refractivity contribution in [2.24, 2.45) is 0 Å². The van der Waals surface area contributed by atoms with E-state index in [1.54, 1.807) is 12.1 Å². The molecule has 3 aromatic rings. The normalized spacial score (nSPS) is 10.7. The molecule has 0 radical (unpaired) electrons. The Hall–Kier alpha value is -2.35. The van der Waals surface area contributed by atoms with E-state index in [1.807, 2.05) is 24.3 Å². The number of nitrogens with zero attached hydrogens (tertiary/aromatic N) is 1. The number of hydrogen-bond acceptors (Lipinski definition) is 1. The van der Waals surface area contributed by atoms with Crippen molar-refractivity contribution in [3.63, 3.8) is 0 Å². The van der Waals surface area contributed by atoms with Gasteiger partial charge in [-0.2, -0.15) is 0 Å². The lowest BCUT2D eigenvalue weighted by Crippen LogP contribution is -2.33. The number of phenolic OH excluding ortho intramolecular Hbond substituents is 1. The highest BCUT2D eigenvalue weighted by Crippen LogP contribution is 2.17. The minimum Gasteiger partial charge on any atom is -0.508 e. The number of benzene rings is 2. The van der Waals surface area contributed by atoms with Crippen LogP contribution in [0.25, 0.3) is 10.8 Å². The third-order valence-corrected chi connectivity index (χ3v) is 3.03. The molecular formula is C16H14NO+. The summed E-state index contributed by atoms with van der Waals surface area (Å²) in [6, 6.07) is 17.8. The van der Waals surface area contributed by atoms with Crippen LogP contribution >= 0.6 is 0 Å². The Balaban J connectivity index is 1.98. The number of phenols is 1. The largest absolute Gasteiger partial charge is 0.508 e. The Kier molecular flexibility index (Phi) is 2.69. The van der Waals surface area contributed by atoms with E-state index in [-0.39, 0.29) is 0 Å². The first-order valence-corrected chi connectivity index (χ1v) is 5.97. The standard InChI is InChI=1S/C16H13NO/c18-16-7-6-14-8-9-17(12-15(14)10-16)11-13-4-2-1-3-5-13/h1-10,12H,11H2/p+1. The number of fused-ring (bicyclic) bond motifs is 1. The van der Waals surface area contributed by atoms with E-state index in [0.717, 1.165) is 17.3 Å². The van der Waals surface area contributed by atoms with Crippen LogP contribution < -0.4 is 4.57 Å². The fraction of sp³-hybridized carbons (Fsp3) is 0.0625. The highest BCUT2D eigenvalue weighted by Gasteiger charge is 2.04. The quantitative estimate of drug-likeness (QED) is 0.680. The zero-order valence-electron chi connectivity index (χ0n) is 9.95. The average Bonchev–Trinajstić information content (AvgIpc) is 2.39. The average molecular weight is 236 g/mol. The summed E-state index contributed by atoms with van der Waals surface area (Å²) in [4.78, 5) is 0. The summed E-state index contributed by atoms with van der Waals surface area (Å²) in [6.07, 6.45) is 4.12. The molecule has 0 amide bonds. The second kappa shape index (κ2) is 4.49. The van der Waals surface area contributed by atoms with Gasteiger partial charge in [0.1, 0.15) is 5.75 Å². The van der Waals surface area contributed by atoms with Crippen LogP contribution in [-0.2, 0) is 6.54 Å². The van der Waals surface area contributed by atoms with E-state index in [4.69, 9.17) is 0 Å². The van der Waals surface area contributed by atoms with Crippen molar-refractivity contribution >= 4 is 10.8 Å². The predicted molar refractivity (Wildman–Crippen MR) is 71.4 cm³/mol. The van der Waals surface area contributed by atoms with Crippen LogP contribution in [0.4, 0.5) is 0 Å². The number of aromatic nitrogens is 1. The maximum Gasteiger partial charge on any atom is 0.177 e. The van der Waals surface area contributed by atoms with Crippen LogP contribution in [0.1, 0.15) is 5.56 Å². The zero-order valence-corrected chi connectivity index (χ0v) is 9.95. The second-order valence-electron chi connectivity index (χ2n) is 4.42. The van der Waals surface area contributed by atoms with E-state index in [9.17, 15) is 5.11 Å². The summed E-state index contributed by atoms with van der Waals surface area (Å²) in [6.45, 7) is 0.840. The highest BCUT2D eigenvalue weighted by molar-refractivity contribution is 5.81. The van der Waals surface area contributed by atoms with Gasteiger partial charge in [-0.05, 0) is 17.5 Å². The Morgan fingerprint density at radius 2 is 1.72 bits per heavy atom. The van der Waals surface area contributed by atoms with Gasteiger partial charge >= 0.3 is 0 Å². The Labute approximate surface area is 106 Å². The lowest BCUT2D eigenvalue weighted by atomic mass is 10.1. The molecule has 2 aromatic carbocycles. The molecule has 2 nitrogen and oxygen atoms in total. The summed E-state index contributed by atoms with van der Waals surface area (Å²) < 4.78 is 2.12. The Morgan fingerprint density at radius 3 is 2.56 bits per heavy atom. The maximum absolute atomic E-state index is 9.50. The molecule has 0 aliphatic heterocycles. The minimum absolute atomic E-state index is 0.306. The number of pyridine rings is 1. The summed E-state index contributed by atoms with van der Waals surface area (Å²) in [5.74, 6) is 0.306. The van der Waals surface area contributed by atoms with E-state index in [0.29, 0.717) is 5.75 Å². The van der Waals surface area contributed by atoms with Gasteiger partial charge in [0.05, 0.1) is 0 Å². The molecular weight excluding hydrogens is 222 g/mol. The van der Waals surface area contributed by atoms with Crippen LogP contribution in [0.3, 0.4) is 0 Å². The molecule has 1 aromatic heterocycles. The summed E-state index contributed by atoms with van der Waals surface area (Å²) in [5, 5.41) is 11.7. The lowest BCUT2D eigenvalue weighted by Gasteiger charge is -2.00. The molecule has 0 spiro atoms. The number of aromatic hydroxyl groups is 1. The van der Waals surface area contributed by atoms with Crippen molar-refractivity contribution in [1.29, 1.82) is 0 Å². The summed E-state index contributed by atoms with van der Waals surface area (Å²) in [5.41, 5.74) is 1.27. The molecule has 3 rings (SSSR count). The molecule has 0 saturated carbocycles. The van der Waals surface area contributed by atoms with Crippen molar-refractivity contribution in [2.45, 2.75) is 6.54 Å². The molecule has 0 atom stereocenters. The van der Waals surface area contributed by atoms with E-state index in [1.165, 1.54) is 5.56 Å². The molecule has 0 fully saturated rings. The Morgan fingerprint density at radius 1 is 0.889 bits per heavy atom. The van der Waals surface area contributed by atoms with Crippen molar-refractivity contribution < 1.29 is 9.67 Å². The SMILES string of the molecule is Oc1ccc2cc[n+](Cc3ccccc3)cc2c1. The molecule has 0 bridgehead atoms. The minimum atomic E-state index is 0.306. The topological polar surface area (TPSA) is 24.1 Å². The van der Waals surface area contributed by atoms with Crippen molar-refractivity contribution in [3.8, 4) is 5.75 Å². The van der Waals surface area contributed by atoms with E-state index in [2.05, 4.69) is 35.2 Å². The lowest BCUT2D eigenvalue weighted by molar-refractivity contribution is -0.687. The molecule has 0 aliphatic carbocycles. The van der Waals surface area contributed by atoms with Gasteiger partial charge in [0.2, 0.25) is 0 Å². The third kappa shape index (κ3) is 2.18. The van der Waals surface area contributed by atoms with Crippen LogP contribution in [0.5, 0.6) is 5.75 Å². The number of rotatable bonds is 2. The zero-order chi connectivity index (χ0) is 12.4. The second-order valence-corrected chi connectivity index (χ2v) is 4.42. The smallest absolute Gasteiger partial charge is 0.177 e. The monoisotopic (exact) mass is 236 g/mol. The first-order chi connectivity index (χ1) is 8.81. The van der Waals surface area contributed by atoms with E-state index >= 15 is 0 Å². The summed E-state index contributed by atoms with van der Waals surface area (Å²) in [7, 11) is 0. The molecule has 18 heavy (non-hydrogen) atoms. The first kappa shape index (κ1) is 10.8. The summed E-state index contributed by atoms with van der Waals surface area (Å²) >= 11 is 0. The molecule has 0 unspecified atom stereocenters. The van der Waals surface area contributed by atoms with Crippen molar-refractivity contribution in [2.75, 3.05) is 0 Å². The van der Waals surface area contributed by atoms with Gasteiger partial charge in [-0.1, -0.05) is 36.4 Å². The fourth-order valence-electron chi connectivity index (χ4n) is 2.12. The third-order valence-electron chi connectivity index (χ3n) is 3.03. The fourth-order valence-corrected chi connectivity index (χ4v) is 2.12. The molecule has 88 valence electrons. The van der Waals surface area contributed by atoms with Crippen LogP contribution in [0.15, 0.2) is 67.0 Å². The molecule has 1 heterocycles. The maximum atomic E-state index is 9.50. The van der Waals surface area contributed by atoms with Crippen molar-refractivity contribution in [3.05, 3.63) is 72.6 Å². The van der Waals surface area contributed by atoms with Gasteiger partial charge in [-0.3, -0.25) is 0 Å². The van der Waals surface area contributed by atoms with Crippen molar-refractivity contribution in [1.82, 2.24) is 0 Å². The van der Waals surface area contributed by atoms with Gasteiger partial charge in [-0.15, -0.1) is 0 Å². The van der Waals surface area contributed by atoms with Gasteiger partial charge < -0.3 is 5.11 Å². The van der Waals surface area contributed by atoms with Crippen LogP contribution in [0, 0.1) is 0 Å². The van der Waals surface area contributed by atoms with Gasteiger partial charge in [-0.25, -0.2) is 4.57 Å².